The number of anilines is 1. The first kappa shape index (κ1) is 12.4. The maximum Gasteiger partial charge on any atom is 0.163 e. The molecule has 5 nitrogen and oxygen atoms in total. The highest BCUT2D eigenvalue weighted by molar-refractivity contribution is 5.86. The lowest BCUT2D eigenvalue weighted by molar-refractivity contribution is 0.232. The second kappa shape index (κ2) is 4.47. The largest absolute Gasteiger partial charge is 0.367 e. The fraction of sp³-hybridized carbons (Fsp3) is 0.643. The molecule has 1 aliphatic carbocycles. The van der Waals surface area contributed by atoms with E-state index >= 15 is 0 Å². The fourth-order valence-corrected chi connectivity index (χ4v) is 2.81. The highest BCUT2D eigenvalue weighted by Gasteiger charge is 2.27. The molecule has 0 amide bonds. The van der Waals surface area contributed by atoms with Crippen molar-refractivity contribution in [3.8, 4) is 0 Å². The monoisotopic (exact) mass is 259 g/mol. The number of aryl methyl sites for hydroxylation is 1. The zero-order chi connectivity index (χ0) is 13.5. The third-order valence-electron chi connectivity index (χ3n) is 4.21. The lowest BCUT2D eigenvalue weighted by Crippen LogP contribution is -2.30. The van der Waals surface area contributed by atoms with Crippen molar-refractivity contribution >= 4 is 16.9 Å². The molecular weight excluding hydrogens is 238 g/mol. The van der Waals surface area contributed by atoms with Gasteiger partial charge in [-0.2, -0.15) is 5.10 Å². The van der Waals surface area contributed by atoms with Crippen LogP contribution in [0.2, 0.25) is 0 Å². The molecule has 1 aliphatic rings. The lowest BCUT2D eigenvalue weighted by Gasteiger charge is -2.34. The fourth-order valence-electron chi connectivity index (χ4n) is 2.81. The van der Waals surface area contributed by atoms with Gasteiger partial charge in [0, 0.05) is 13.1 Å². The molecule has 3 rings (SSSR count). The van der Waals surface area contributed by atoms with E-state index in [4.69, 9.17) is 0 Å². The Morgan fingerprint density at radius 3 is 2.74 bits per heavy atom. The SMILES string of the molecule is Cn1ncc2c(NC3CCC(C)(C)CC3)ncnc21. The average Bonchev–Trinajstić information content (AvgIpc) is 2.75. The van der Waals surface area contributed by atoms with Gasteiger partial charge in [0.05, 0.1) is 11.6 Å². The van der Waals surface area contributed by atoms with Crippen molar-refractivity contribution in [2.75, 3.05) is 5.32 Å². The molecular formula is C14H21N5. The summed E-state index contributed by atoms with van der Waals surface area (Å²) in [6, 6.07) is 0.520. The number of nitrogens with one attached hydrogen (secondary N) is 1. The van der Waals surface area contributed by atoms with Crippen LogP contribution in [0.5, 0.6) is 0 Å². The van der Waals surface area contributed by atoms with E-state index in [0.29, 0.717) is 11.5 Å². The van der Waals surface area contributed by atoms with Gasteiger partial charge < -0.3 is 5.32 Å². The minimum absolute atomic E-state index is 0.494. The first-order chi connectivity index (χ1) is 9.05. The van der Waals surface area contributed by atoms with Gasteiger partial charge in [0.1, 0.15) is 12.1 Å². The molecule has 5 heteroatoms. The van der Waals surface area contributed by atoms with Crippen LogP contribution in [0.3, 0.4) is 0 Å². The Balaban J connectivity index is 1.79. The smallest absolute Gasteiger partial charge is 0.163 e. The quantitative estimate of drug-likeness (QED) is 0.901. The van der Waals surface area contributed by atoms with Crippen LogP contribution in [-0.2, 0) is 7.05 Å². The molecule has 19 heavy (non-hydrogen) atoms. The lowest BCUT2D eigenvalue weighted by atomic mass is 9.75. The van der Waals surface area contributed by atoms with E-state index in [1.165, 1.54) is 25.7 Å². The number of hydrogen-bond acceptors (Lipinski definition) is 4. The zero-order valence-electron chi connectivity index (χ0n) is 11.8. The Kier molecular flexibility index (Phi) is 2.92. The molecule has 0 bridgehead atoms. The summed E-state index contributed by atoms with van der Waals surface area (Å²) in [6.45, 7) is 4.71. The third kappa shape index (κ3) is 2.41. The Hall–Kier alpha value is -1.65. The predicted octanol–water partition coefficient (Wildman–Crippen LogP) is 2.74. The summed E-state index contributed by atoms with van der Waals surface area (Å²) in [4.78, 5) is 8.64. The van der Waals surface area contributed by atoms with E-state index in [2.05, 4.69) is 34.2 Å². The summed E-state index contributed by atoms with van der Waals surface area (Å²) < 4.78 is 1.78. The molecule has 0 spiro atoms. The van der Waals surface area contributed by atoms with E-state index in [-0.39, 0.29) is 0 Å². The van der Waals surface area contributed by atoms with Gasteiger partial charge in [0.25, 0.3) is 0 Å². The van der Waals surface area contributed by atoms with Crippen molar-refractivity contribution in [3.63, 3.8) is 0 Å². The molecule has 2 heterocycles. The van der Waals surface area contributed by atoms with Crippen LogP contribution in [0, 0.1) is 5.41 Å². The van der Waals surface area contributed by atoms with Crippen LogP contribution in [0.15, 0.2) is 12.5 Å². The summed E-state index contributed by atoms with van der Waals surface area (Å²) in [7, 11) is 1.91. The Bertz CT molecular complexity index is 577. The first-order valence-corrected chi connectivity index (χ1v) is 6.94. The standard InChI is InChI=1S/C14H21N5/c1-14(2)6-4-10(5-7-14)18-12-11-8-17-19(3)13(11)16-9-15-12/h8-10H,4-7H2,1-3H3,(H,15,16,18). The molecule has 0 saturated heterocycles. The molecule has 0 aromatic carbocycles. The Morgan fingerprint density at radius 1 is 1.26 bits per heavy atom. The Morgan fingerprint density at radius 2 is 2.00 bits per heavy atom. The van der Waals surface area contributed by atoms with Gasteiger partial charge in [-0.25, -0.2) is 9.97 Å². The minimum atomic E-state index is 0.494. The van der Waals surface area contributed by atoms with Gasteiger partial charge >= 0.3 is 0 Å². The summed E-state index contributed by atoms with van der Waals surface area (Å²) in [6.07, 6.45) is 8.40. The maximum absolute atomic E-state index is 4.38. The normalized spacial score (nSPS) is 19.7. The molecule has 2 aromatic heterocycles. The van der Waals surface area contributed by atoms with Gasteiger partial charge in [-0.3, -0.25) is 4.68 Å². The van der Waals surface area contributed by atoms with Crippen LogP contribution in [0.1, 0.15) is 39.5 Å². The zero-order valence-corrected chi connectivity index (χ0v) is 11.8. The van der Waals surface area contributed by atoms with Gasteiger partial charge in [0.15, 0.2) is 5.65 Å². The number of rotatable bonds is 2. The number of fused-ring (bicyclic) bond motifs is 1. The first-order valence-electron chi connectivity index (χ1n) is 6.94. The van der Waals surface area contributed by atoms with E-state index in [0.717, 1.165) is 16.9 Å². The van der Waals surface area contributed by atoms with E-state index < -0.39 is 0 Å². The van der Waals surface area contributed by atoms with Crippen LogP contribution < -0.4 is 5.32 Å². The number of aromatic nitrogens is 4. The predicted molar refractivity (Wildman–Crippen MR) is 76.0 cm³/mol. The van der Waals surface area contributed by atoms with Crippen molar-refractivity contribution < 1.29 is 0 Å². The third-order valence-corrected chi connectivity index (χ3v) is 4.21. The number of nitrogens with zero attached hydrogens (tertiary/aromatic N) is 4. The molecule has 1 saturated carbocycles. The number of hydrogen-bond donors (Lipinski definition) is 1. The minimum Gasteiger partial charge on any atom is -0.367 e. The van der Waals surface area contributed by atoms with Gasteiger partial charge in [-0.15, -0.1) is 0 Å². The summed E-state index contributed by atoms with van der Waals surface area (Å²) in [5.41, 5.74) is 1.38. The van der Waals surface area contributed by atoms with Crippen molar-refractivity contribution in [1.29, 1.82) is 0 Å². The second-order valence-corrected chi connectivity index (χ2v) is 6.31. The maximum atomic E-state index is 4.38. The highest BCUT2D eigenvalue weighted by Crippen LogP contribution is 2.36. The van der Waals surface area contributed by atoms with Gasteiger partial charge in [-0.05, 0) is 31.1 Å². The van der Waals surface area contributed by atoms with Gasteiger partial charge in [0.2, 0.25) is 0 Å². The summed E-state index contributed by atoms with van der Waals surface area (Å²) >= 11 is 0. The average molecular weight is 259 g/mol. The molecule has 0 unspecified atom stereocenters. The molecule has 102 valence electrons. The van der Waals surface area contributed by atoms with Crippen LogP contribution in [0.25, 0.3) is 11.0 Å². The molecule has 2 aromatic rings. The molecule has 1 fully saturated rings. The van der Waals surface area contributed by atoms with Crippen molar-refractivity contribution in [1.82, 2.24) is 19.7 Å². The van der Waals surface area contributed by atoms with Crippen molar-refractivity contribution in [2.24, 2.45) is 12.5 Å². The van der Waals surface area contributed by atoms with Crippen LogP contribution in [-0.4, -0.2) is 25.8 Å². The van der Waals surface area contributed by atoms with Crippen molar-refractivity contribution in [2.45, 2.75) is 45.6 Å². The van der Waals surface area contributed by atoms with Gasteiger partial charge in [-0.1, -0.05) is 13.8 Å². The molecule has 0 atom stereocenters. The second-order valence-electron chi connectivity index (χ2n) is 6.31. The molecule has 0 aliphatic heterocycles. The van der Waals surface area contributed by atoms with Crippen LogP contribution in [0.4, 0.5) is 5.82 Å². The van der Waals surface area contributed by atoms with Crippen LogP contribution >= 0.6 is 0 Å². The van der Waals surface area contributed by atoms with E-state index in [9.17, 15) is 0 Å². The summed E-state index contributed by atoms with van der Waals surface area (Å²) in [5.74, 6) is 0.919. The summed E-state index contributed by atoms with van der Waals surface area (Å²) in [5, 5.41) is 8.83. The van der Waals surface area contributed by atoms with Crippen molar-refractivity contribution in [3.05, 3.63) is 12.5 Å². The molecule has 0 radical (unpaired) electrons. The Labute approximate surface area is 113 Å². The molecule has 1 N–H and O–H groups in total. The highest BCUT2D eigenvalue weighted by atomic mass is 15.3. The van der Waals surface area contributed by atoms with E-state index in [1.807, 2.05) is 13.2 Å². The topological polar surface area (TPSA) is 55.6 Å². The van der Waals surface area contributed by atoms with E-state index in [1.54, 1.807) is 11.0 Å².